The Hall–Kier alpha value is -3.40. The Morgan fingerprint density at radius 2 is 1.74 bits per heavy atom. The summed E-state index contributed by atoms with van der Waals surface area (Å²) in [5, 5.41) is 14.2. The molecular formula is C24H23F3N2O4S. The number of carbonyl (C=O) groups excluding carboxylic acids is 1. The molecular weight excluding hydrogens is 469 g/mol. The van der Waals surface area contributed by atoms with E-state index in [2.05, 4.69) is 0 Å². The number of benzene rings is 2. The Bertz CT molecular complexity index is 1090. The predicted molar refractivity (Wildman–Crippen MR) is 124 cm³/mol. The molecule has 180 valence electrons. The Labute approximate surface area is 198 Å². The average molecular weight is 493 g/mol. The molecule has 1 heterocycles. The number of hydrogen-bond acceptors (Lipinski definition) is 5. The van der Waals surface area contributed by atoms with Gasteiger partial charge in [0.25, 0.3) is 0 Å². The van der Waals surface area contributed by atoms with Crippen LogP contribution in [0, 0.1) is 10.1 Å². The monoisotopic (exact) mass is 492 g/mol. The zero-order chi connectivity index (χ0) is 24.9. The lowest BCUT2D eigenvalue weighted by molar-refractivity contribution is -0.531. The third-order valence-electron chi connectivity index (χ3n) is 5.56. The summed E-state index contributed by atoms with van der Waals surface area (Å²) in [6, 6.07) is 13.6. The van der Waals surface area contributed by atoms with E-state index in [0.717, 1.165) is 0 Å². The molecule has 0 bridgehead atoms. The molecule has 10 heteroatoms. The molecule has 0 radical (unpaired) electrons. The number of methoxy groups -OCH3 is 1. The third-order valence-corrected chi connectivity index (χ3v) is 6.56. The number of amides is 1. The van der Waals surface area contributed by atoms with Crippen LogP contribution in [0.2, 0.25) is 0 Å². The summed E-state index contributed by atoms with van der Waals surface area (Å²) in [5.41, 5.74) is 0.109. The zero-order valence-electron chi connectivity index (χ0n) is 18.4. The van der Waals surface area contributed by atoms with Crippen LogP contribution < -0.4 is 9.64 Å². The van der Waals surface area contributed by atoms with Crippen LogP contribution in [-0.2, 0) is 4.79 Å². The van der Waals surface area contributed by atoms with Gasteiger partial charge in [-0.1, -0.05) is 43.3 Å². The molecule has 0 fully saturated rings. The summed E-state index contributed by atoms with van der Waals surface area (Å²) in [4.78, 5) is 25.9. The molecule has 0 saturated heterocycles. The first kappa shape index (κ1) is 25.2. The molecule has 0 aliphatic carbocycles. The van der Waals surface area contributed by atoms with Crippen LogP contribution in [0.4, 0.5) is 18.9 Å². The van der Waals surface area contributed by atoms with Gasteiger partial charge < -0.3 is 4.74 Å². The van der Waals surface area contributed by atoms with E-state index in [1.807, 2.05) is 0 Å². The number of hydrogen-bond donors (Lipinski definition) is 0. The Morgan fingerprint density at radius 1 is 1.09 bits per heavy atom. The summed E-state index contributed by atoms with van der Waals surface area (Å²) >= 11 is 1.29. The summed E-state index contributed by atoms with van der Waals surface area (Å²) in [6.07, 6.45) is -4.95. The van der Waals surface area contributed by atoms with Crippen LogP contribution in [0.25, 0.3) is 0 Å². The van der Waals surface area contributed by atoms with Crippen LogP contribution in [0.15, 0.2) is 72.1 Å². The molecule has 3 rings (SSSR count). The van der Waals surface area contributed by atoms with Crippen molar-refractivity contribution in [1.82, 2.24) is 0 Å². The van der Waals surface area contributed by atoms with E-state index in [9.17, 15) is 28.1 Å². The standard InChI is InChI=1S/C24H23F3N2O4S/c1-3-19(20-10-7-15-34-20)22(29(31)32)21(16-8-5-4-6-9-16)28(23(30)24(25,26)27)17-11-13-18(33-2)14-12-17/h4-15,19,21-22H,3H2,1-2H3/t19-,21-,22+/m0/s1. The number of ether oxygens (including phenoxy) is 1. The van der Waals surface area contributed by atoms with E-state index in [-0.39, 0.29) is 11.3 Å². The highest BCUT2D eigenvalue weighted by Gasteiger charge is 2.52. The number of nitro groups is 1. The Kier molecular flexibility index (Phi) is 7.93. The maximum Gasteiger partial charge on any atom is 0.471 e. The first-order chi connectivity index (χ1) is 16.2. The minimum absolute atomic E-state index is 0.120. The number of alkyl halides is 3. The van der Waals surface area contributed by atoms with Gasteiger partial charge in [0.2, 0.25) is 6.04 Å². The predicted octanol–water partition coefficient (Wildman–Crippen LogP) is 6.23. The minimum atomic E-state index is -5.25. The second-order valence-electron chi connectivity index (χ2n) is 7.53. The van der Waals surface area contributed by atoms with E-state index in [4.69, 9.17) is 4.74 Å². The summed E-state index contributed by atoms with van der Waals surface area (Å²) in [5.74, 6) is -2.53. The number of anilines is 1. The molecule has 0 aliphatic rings. The van der Waals surface area contributed by atoms with Crippen molar-refractivity contribution in [2.24, 2.45) is 0 Å². The van der Waals surface area contributed by atoms with Gasteiger partial charge in [0.1, 0.15) is 11.8 Å². The van der Waals surface area contributed by atoms with E-state index in [1.165, 1.54) is 54.8 Å². The lowest BCUT2D eigenvalue weighted by Crippen LogP contribution is -2.50. The molecule has 2 aromatic carbocycles. The lowest BCUT2D eigenvalue weighted by atomic mass is 9.85. The number of carbonyl (C=O) groups is 1. The van der Waals surface area contributed by atoms with Crippen LogP contribution in [0.5, 0.6) is 5.75 Å². The maximum absolute atomic E-state index is 13.8. The minimum Gasteiger partial charge on any atom is -0.497 e. The van der Waals surface area contributed by atoms with Gasteiger partial charge in [-0.15, -0.1) is 11.3 Å². The number of halogens is 3. The second-order valence-corrected chi connectivity index (χ2v) is 8.51. The van der Waals surface area contributed by atoms with E-state index >= 15 is 0 Å². The molecule has 0 N–H and O–H groups in total. The molecule has 1 amide bonds. The largest absolute Gasteiger partial charge is 0.497 e. The molecule has 34 heavy (non-hydrogen) atoms. The smallest absolute Gasteiger partial charge is 0.471 e. The molecule has 6 nitrogen and oxygen atoms in total. The lowest BCUT2D eigenvalue weighted by Gasteiger charge is -2.36. The van der Waals surface area contributed by atoms with Crippen molar-refractivity contribution in [1.29, 1.82) is 0 Å². The van der Waals surface area contributed by atoms with Gasteiger partial charge in [0.15, 0.2) is 0 Å². The first-order valence-corrected chi connectivity index (χ1v) is 11.3. The molecule has 3 atom stereocenters. The van der Waals surface area contributed by atoms with E-state index in [0.29, 0.717) is 21.9 Å². The first-order valence-electron chi connectivity index (χ1n) is 10.4. The van der Waals surface area contributed by atoms with Gasteiger partial charge in [-0.2, -0.15) is 13.2 Å². The van der Waals surface area contributed by atoms with Crippen LogP contribution in [0.1, 0.15) is 35.7 Å². The molecule has 0 saturated carbocycles. The fourth-order valence-electron chi connectivity index (χ4n) is 4.03. The highest BCUT2D eigenvalue weighted by atomic mass is 32.1. The van der Waals surface area contributed by atoms with Gasteiger partial charge in [0.05, 0.1) is 13.0 Å². The second kappa shape index (κ2) is 10.7. The van der Waals surface area contributed by atoms with Gasteiger partial charge in [-0.3, -0.25) is 19.8 Å². The van der Waals surface area contributed by atoms with Gasteiger partial charge in [-0.25, -0.2) is 0 Å². The quantitative estimate of drug-likeness (QED) is 0.262. The fourth-order valence-corrected chi connectivity index (χ4v) is 4.98. The molecule has 1 aromatic heterocycles. The average Bonchev–Trinajstić information content (AvgIpc) is 3.35. The van der Waals surface area contributed by atoms with E-state index in [1.54, 1.807) is 42.6 Å². The molecule has 3 aromatic rings. The zero-order valence-corrected chi connectivity index (χ0v) is 19.3. The summed E-state index contributed by atoms with van der Waals surface area (Å²) in [7, 11) is 1.40. The third kappa shape index (κ3) is 5.39. The van der Waals surface area contributed by atoms with Gasteiger partial charge in [-0.05, 0) is 47.7 Å². The van der Waals surface area contributed by atoms with Crippen molar-refractivity contribution >= 4 is 22.9 Å². The van der Waals surface area contributed by atoms with Crippen molar-refractivity contribution in [2.75, 3.05) is 12.0 Å². The van der Waals surface area contributed by atoms with Crippen LogP contribution in [-0.4, -0.2) is 30.2 Å². The number of thiophene rings is 1. The van der Waals surface area contributed by atoms with Crippen molar-refractivity contribution in [2.45, 2.75) is 37.5 Å². The van der Waals surface area contributed by atoms with Crippen molar-refractivity contribution in [3.63, 3.8) is 0 Å². The maximum atomic E-state index is 13.8. The topological polar surface area (TPSA) is 72.7 Å². The number of nitrogens with zero attached hydrogens (tertiary/aromatic N) is 2. The van der Waals surface area contributed by atoms with Crippen molar-refractivity contribution < 1.29 is 27.6 Å². The van der Waals surface area contributed by atoms with Crippen LogP contribution in [0.3, 0.4) is 0 Å². The fraction of sp³-hybridized carbons (Fsp3) is 0.292. The highest BCUT2D eigenvalue weighted by molar-refractivity contribution is 7.10. The Balaban J connectivity index is 2.28. The van der Waals surface area contributed by atoms with Gasteiger partial charge >= 0.3 is 12.1 Å². The highest BCUT2D eigenvalue weighted by Crippen LogP contribution is 2.42. The van der Waals surface area contributed by atoms with E-state index < -0.39 is 35.0 Å². The summed E-state index contributed by atoms with van der Waals surface area (Å²) in [6.45, 7) is 1.74. The Morgan fingerprint density at radius 3 is 2.21 bits per heavy atom. The summed E-state index contributed by atoms with van der Waals surface area (Å²) < 4.78 is 46.6. The SMILES string of the molecule is CC[C@@H](c1cccs1)[C@H]([C@H](c1ccccc1)N(C(=O)C(F)(F)F)c1ccc(OC)cc1)[N+](=O)[O-]. The molecule has 0 aliphatic heterocycles. The van der Waals surface area contributed by atoms with Gasteiger partial charge in [0, 0.05) is 15.5 Å². The molecule has 0 spiro atoms. The molecule has 0 unspecified atom stereocenters. The normalized spacial score (nSPS) is 14.1. The van der Waals surface area contributed by atoms with Crippen molar-refractivity contribution in [3.05, 3.63) is 92.7 Å². The van der Waals surface area contributed by atoms with Crippen molar-refractivity contribution in [3.8, 4) is 5.75 Å². The van der Waals surface area contributed by atoms with Crippen LogP contribution >= 0.6 is 11.3 Å². The number of rotatable bonds is 9.